The number of piperidine rings is 1. The average Bonchev–Trinajstić information content (AvgIpc) is 3.06. The Morgan fingerprint density at radius 1 is 1.10 bits per heavy atom. The molecule has 1 atom stereocenters. The molecular weight excluding hydrogens is 401 g/mol. The Balaban J connectivity index is 1.37. The van der Waals surface area contributed by atoms with E-state index in [4.69, 9.17) is 23.2 Å². The minimum Gasteiger partial charge on any atom is -0.384 e. The summed E-state index contributed by atoms with van der Waals surface area (Å²) in [7, 11) is 2.02. The average molecular weight is 432 g/mol. The van der Waals surface area contributed by atoms with Gasteiger partial charge >= 0.3 is 0 Å². The van der Waals surface area contributed by atoms with E-state index in [0.29, 0.717) is 21.4 Å². The lowest BCUT2D eigenvalue weighted by Gasteiger charge is -2.40. The molecule has 29 heavy (non-hydrogen) atoms. The lowest BCUT2D eigenvalue weighted by atomic mass is 9.74. The van der Waals surface area contributed by atoms with Crippen LogP contribution in [0.2, 0.25) is 10.0 Å². The minimum absolute atomic E-state index is 0.325. The summed E-state index contributed by atoms with van der Waals surface area (Å²) in [5.74, 6) is 0.446. The number of rotatable bonds is 6. The molecular formula is C24H31Cl2N3. The van der Waals surface area contributed by atoms with E-state index in [-0.39, 0.29) is 0 Å². The van der Waals surface area contributed by atoms with Crippen molar-refractivity contribution in [1.29, 1.82) is 0 Å². The smallest absolute Gasteiger partial charge is 0.0595 e. The predicted octanol–water partition coefficient (Wildman–Crippen LogP) is 5.45. The number of nitrogens with one attached hydrogen (secondary N) is 2. The molecule has 2 aromatic carbocycles. The van der Waals surface area contributed by atoms with Crippen LogP contribution < -0.4 is 10.6 Å². The van der Waals surface area contributed by atoms with Crippen LogP contribution in [0.4, 0.5) is 5.69 Å². The summed E-state index contributed by atoms with van der Waals surface area (Å²) < 4.78 is 0. The van der Waals surface area contributed by atoms with Crippen molar-refractivity contribution in [3.8, 4) is 0 Å². The molecule has 0 saturated carbocycles. The molecule has 0 radical (unpaired) electrons. The zero-order chi connectivity index (χ0) is 20.4. The van der Waals surface area contributed by atoms with Crippen molar-refractivity contribution < 1.29 is 0 Å². The zero-order valence-electron chi connectivity index (χ0n) is 17.4. The summed E-state index contributed by atoms with van der Waals surface area (Å²) in [5, 5.41) is 8.26. The van der Waals surface area contributed by atoms with E-state index in [1.54, 1.807) is 5.56 Å². The molecule has 1 fully saturated rings. The van der Waals surface area contributed by atoms with Gasteiger partial charge in [-0.1, -0.05) is 47.0 Å². The van der Waals surface area contributed by atoms with Crippen molar-refractivity contribution in [2.45, 2.75) is 37.5 Å². The van der Waals surface area contributed by atoms with Crippen molar-refractivity contribution >= 4 is 28.9 Å². The third-order valence-electron chi connectivity index (χ3n) is 6.84. The Bertz CT molecular complexity index is 859. The molecule has 1 saturated heterocycles. The maximum absolute atomic E-state index is 6.26. The Hall–Kier alpha value is -1.26. The topological polar surface area (TPSA) is 27.3 Å². The van der Waals surface area contributed by atoms with E-state index in [9.17, 15) is 0 Å². The first kappa shape index (κ1) is 21.0. The minimum atomic E-state index is 0.325. The number of likely N-dealkylation sites (tertiary alicyclic amines) is 1. The lowest BCUT2D eigenvalue weighted by molar-refractivity contribution is 0.164. The molecule has 2 aromatic rings. The maximum atomic E-state index is 6.26. The van der Waals surface area contributed by atoms with Gasteiger partial charge in [-0.2, -0.15) is 0 Å². The van der Waals surface area contributed by atoms with Gasteiger partial charge in [-0.15, -0.1) is 0 Å². The van der Waals surface area contributed by atoms with E-state index in [1.165, 1.54) is 42.7 Å². The number of anilines is 1. The van der Waals surface area contributed by atoms with Gasteiger partial charge in [0, 0.05) is 24.2 Å². The molecule has 156 valence electrons. The first-order chi connectivity index (χ1) is 14.0. The van der Waals surface area contributed by atoms with Gasteiger partial charge < -0.3 is 15.5 Å². The maximum Gasteiger partial charge on any atom is 0.0595 e. The molecule has 0 aromatic heterocycles. The van der Waals surface area contributed by atoms with E-state index < -0.39 is 0 Å². The van der Waals surface area contributed by atoms with Gasteiger partial charge in [0.15, 0.2) is 0 Å². The van der Waals surface area contributed by atoms with Crippen LogP contribution in [0.25, 0.3) is 0 Å². The fourth-order valence-corrected chi connectivity index (χ4v) is 5.31. The monoisotopic (exact) mass is 431 g/mol. The van der Waals surface area contributed by atoms with Crippen LogP contribution >= 0.6 is 23.2 Å². The summed E-state index contributed by atoms with van der Waals surface area (Å²) in [6, 6.07) is 12.9. The highest BCUT2D eigenvalue weighted by molar-refractivity contribution is 6.42. The van der Waals surface area contributed by atoms with Crippen LogP contribution in [0.5, 0.6) is 0 Å². The Labute approximate surface area is 184 Å². The SMILES string of the molecule is CNCC(CCN1CCC2(CC1)CNc1ccc(C)cc12)c1ccc(Cl)c(Cl)c1. The van der Waals surface area contributed by atoms with Crippen LogP contribution in [0, 0.1) is 6.92 Å². The molecule has 5 heteroatoms. The number of likely N-dealkylation sites (N-methyl/N-ethyl adjacent to an activating group) is 1. The van der Waals surface area contributed by atoms with Gasteiger partial charge in [-0.05, 0) is 88.1 Å². The molecule has 0 aliphatic carbocycles. The normalized spacial score (nSPS) is 19.2. The van der Waals surface area contributed by atoms with E-state index in [2.05, 4.69) is 46.7 Å². The molecule has 0 bridgehead atoms. The van der Waals surface area contributed by atoms with Gasteiger partial charge in [-0.25, -0.2) is 0 Å². The van der Waals surface area contributed by atoms with E-state index in [0.717, 1.165) is 26.1 Å². The second-order valence-corrected chi connectivity index (χ2v) is 9.56. The Morgan fingerprint density at radius 2 is 1.90 bits per heavy atom. The molecule has 3 nitrogen and oxygen atoms in total. The van der Waals surface area contributed by atoms with Crippen LogP contribution in [0.1, 0.15) is 41.9 Å². The third-order valence-corrected chi connectivity index (χ3v) is 7.58. The predicted molar refractivity (Wildman–Crippen MR) is 125 cm³/mol. The fraction of sp³-hybridized carbons (Fsp3) is 0.500. The number of fused-ring (bicyclic) bond motifs is 2. The summed E-state index contributed by atoms with van der Waals surface area (Å²) in [4.78, 5) is 2.64. The van der Waals surface area contributed by atoms with E-state index >= 15 is 0 Å². The number of hydrogen-bond acceptors (Lipinski definition) is 3. The number of hydrogen-bond donors (Lipinski definition) is 2. The second kappa shape index (κ2) is 8.85. The van der Waals surface area contributed by atoms with Gasteiger partial charge in [0.1, 0.15) is 0 Å². The first-order valence-corrected chi connectivity index (χ1v) is 11.4. The quantitative estimate of drug-likeness (QED) is 0.635. The second-order valence-electron chi connectivity index (χ2n) is 8.74. The van der Waals surface area contributed by atoms with Crippen molar-refractivity contribution in [3.63, 3.8) is 0 Å². The van der Waals surface area contributed by atoms with Gasteiger partial charge in [0.2, 0.25) is 0 Å². The van der Waals surface area contributed by atoms with Crippen LogP contribution in [-0.4, -0.2) is 44.7 Å². The number of nitrogens with zero attached hydrogens (tertiary/aromatic N) is 1. The lowest BCUT2D eigenvalue weighted by Crippen LogP contribution is -2.44. The van der Waals surface area contributed by atoms with Crippen LogP contribution in [0.15, 0.2) is 36.4 Å². The highest BCUT2D eigenvalue weighted by Gasteiger charge is 2.41. The molecule has 0 amide bonds. The van der Waals surface area contributed by atoms with Crippen molar-refractivity contribution in [3.05, 3.63) is 63.1 Å². The summed E-state index contributed by atoms with van der Waals surface area (Å²) >= 11 is 12.4. The van der Waals surface area contributed by atoms with Crippen LogP contribution in [-0.2, 0) is 5.41 Å². The molecule has 2 heterocycles. The van der Waals surface area contributed by atoms with Crippen LogP contribution in [0.3, 0.4) is 0 Å². The Kier molecular flexibility index (Phi) is 6.41. The molecule has 2 aliphatic heterocycles. The summed E-state index contributed by atoms with van der Waals surface area (Å²) in [6.07, 6.45) is 3.60. The zero-order valence-corrected chi connectivity index (χ0v) is 18.9. The first-order valence-electron chi connectivity index (χ1n) is 10.7. The summed E-state index contributed by atoms with van der Waals surface area (Å²) in [5.41, 5.74) is 5.85. The molecule has 2 N–H and O–H groups in total. The Morgan fingerprint density at radius 3 is 2.62 bits per heavy atom. The molecule has 4 rings (SSSR count). The fourth-order valence-electron chi connectivity index (χ4n) is 5.00. The highest BCUT2D eigenvalue weighted by atomic mass is 35.5. The largest absolute Gasteiger partial charge is 0.384 e. The molecule has 1 unspecified atom stereocenters. The number of aryl methyl sites for hydroxylation is 1. The number of benzene rings is 2. The molecule has 2 aliphatic rings. The van der Waals surface area contributed by atoms with E-state index in [1.807, 2.05) is 19.2 Å². The van der Waals surface area contributed by atoms with Gasteiger partial charge in [-0.3, -0.25) is 0 Å². The van der Waals surface area contributed by atoms with Crippen molar-refractivity contribution in [2.24, 2.45) is 0 Å². The molecule has 1 spiro atoms. The number of halogens is 2. The summed E-state index contributed by atoms with van der Waals surface area (Å²) in [6.45, 7) is 7.70. The standard InChI is InChI=1S/C24H31Cl2N3/c1-17-3-6-23-20(13-17)24(16-28-23)8-11-29(12-9-24)10-7-19(15-27-2)18-4-5-21(25)22(26)14-18/h3-6,13-14,19,27-28H,7-12,15-16H2,1-2H3. The van der Waals surface area contributed by atoms with Gasteiger partial charge in [0.25, 0.3) is 0 Å². The third kappa shape index (κ3) is 4.44. The highest BCUT2D eigenvalue weighted by Crippen LogP contribution is 2.44. The van der Waals surface area contributed by atoms with Gasteiger partial charge in [0.05, 0.1) is 10.0 Å². The van der Waals surface area contributed by atoms with Crippen molar-refractivity contribution in [1.82, 2.24) is 10.2 Å². The van der Waals surface area contributed by atoms with Crippen molar-refractivity contribution in [2.75, 3.05) is 45.1 Å².